The van der Waals surface area contributed by atoms with E-state index < -0.39 is 0 Å². The minimum absolute atomic E-state index is 0.00120. The molecule has 13 heavy (non-hydrogen) atoms. The van der Waals surface area contributed by atoms with Gasteiger partial charge in [-0.05, 0) is 13.0 Å². The van der Waals surface area contributed by atoms with E-state index in [2.05, 4.69) is 0 Å². The van der Waals surface area contributed by atoms with Crippen molar-refractivity contribution in [3.05, 3.63) is 29.8 Å². The minimum Gasteiger partial charge on any atom is -0.377 e. The average molecular weight is 177 g/mol. The molecule has 0 aliphatic carbocycles. The lowest BCUT2D eigenvalue weighted by molar-refractivity contribution is -0.157. The molecule has 0 spiro atoms. The van der Waals surface area contributed by atoms with Crippen LogP contribution in [0.3, 0.4) is 0 Å². The molecule has 1 atom stereocenters. The van der Waals surface area contributed by atoms with Gasteiger partial charge < -0.3 is 4.84 Å². The maximum atomic E-state index is 11.5. The third kappa shape index (κ3) is 1.16. The van der Waals surface area contributed by atoms with Gasteiger partial charge in [0.1, 0.15) is 0 Å². The standard InChI is InChI=1S/C10H11NO2/c1-7-8-5-3-4-6-9(8)13-11(2)10(7)12/h3-7H,1-2H3. The number of hydrogen-bond donors (Lipinski definition) is 0. The summed E-state index contributed by atoms with van der Waals surface area (Å²) in [6.45, 7) is 1.89. The van der Waals surface area contributed by atoms with Crippen molar-refractivity contribution in [2.75, 3.05) is 7.05 Å². The highest BCUT2D eigenvalue weighted by molar-refractivity contribution is 5.84. The first-order valence-electron chi connectivity index (χ1n) is 4.24. The summed E-state index contributed by atoms with van der Waals surface area (Å²) in [4.78, 5) is 16.8. The zero-order valence-corrected chi connectivity index (χ0v) is 7.65. The molecule has 0 N–H and O–H groups in total. The van der Waals surface area contributed by atoms with Gasteiger partial charge in [-0.3, -0.25) is 4.79 Å². The molecule has 3 nitrogen and oxygen atoms in total. The number of carbonyl (C=O) groups excluding carboxylic acids is 1. The Morgan fingerprint density at radius 3 is 2.85 bits per heavy atom. The Morgan fingerprint density at radius 2 is 2.08 bits per heavy atom. The van der Waals surface area contributed by atoms with Crippen LogP contribution in [-0.4, -0.2) is 18.0 Å². The molecule has 2 rings (SSSR count). The highest BCUT2D eigenvalue weighted by atomic mass is 16.7. The number of hydroxylamine groups is 2. The fourth-order valence-corrected chi connectivity index (χ4v) is 1.52. The van der Waals surface area contributed by atoms with Gasteiger partial charge in [-0.2, -0.15) is 5.06 Å². The second-order valence-corrected chi connectivity index (χ2v) is 3.19. The van der Waals surface area contributed by atoms with E-state index in [9.17, 15) is 4.79 Å². The molecule has 1 aromatic rings. The van der Waals surface area contributed by atoms with Crippen molar-refractivity contribution in [1.29, 1.82) is 0 Å². The summed E-state index contributed by atoms with van der Waals surface area (Å²) in [7, 11) is 1.63. The van der Waals surface area contributed by atoms with Crippen LogP contribution in [0.4, 0.5) is 0 Å². The van der Waals surface area contributed by atoms with E-state index in [1.165, 1.54) is 5.06 Å². The van der Waals surface area contributed by atoms with Crippen molar-refractivity contribution in [3.8, 4) is 5.75 Å². The van der Waals surface area contributed by atoms with E-state index in [1.807, 2.05) is 31.2 Å². The van der Waals surface area contributed by atoms with Gasteiger partial charge in [0.2, 0.25) is 0 Å². The fourth-order valence-electron chi connectivity index (χ4n) is 1.52. The van der Waals surface area contributed by atoms with Gasteiger partial charge in [0.05, 0.1) is 5.92 Å². The molecule has 0 fully saturated rings. The van der Waals surface area contributed by atoms with Crippen molar-refractivity contribution in [1.82, 2.24) is 5.06 Å². The van der Waals surface area contributed by atoms with Gasteiger partial charge >= 0.3 is 0 Å². The first kappa shape index (κ1) is 8.10. The molecule has 1 aromatic carbocycles. The fraction of sp³-hybridized carbons (Fsp3) is 0.300. The summed E-state index contributed by atoms with van der Waals surface area (Å²) >= 11 is 0. The zero-order chi connectivity index (χ0) is 9.42. The van der Waals surface area contributed by atoms with Gasteiger partial charge in [-0.1, -0.05) is 18.2 Å². The molecular formula is C10H11NO2. The van der Waals surface area contributed by atoms with Gasteiger partial charge in [0.15, 0.2) is 5.75 Å². The van der Waals surface area contributed by atoms with E-state index in [0.717, 1.165) is 11.3 Å². The molecule has 1 aliphatic heterocycles. The number of rotatable bonds is 0. The molecule has 1 heterocycles. The summed E-state index contributed by atoms with van der Waals surface area (Å²) < 4.78 is 0. The summed E-state index contributed by atoms with van der Waals surface area (Å²) in [6.07, 6.45) is 0. The lowest BCUT2D eigenvalue weighted by Gasteiger charge is -2.28. The quantitative estimate of drug-likeness (QED) is 0.601. The molecule has 1 unspecified atom stereocenters. The normalized spacial score (nSPS) is 20.9. The average Bonchev–Trinajstić information content (AvgIpc) is 2.15. The Bertz CT molecular complexity index is 349. The van der Waals surface area contributed by atoms with E-state index in [0.29, 0.717) is 0 Å². The van der Waals surface area contributed by atoms with Crippen LogP contribution >= 0.6 is 0 Å². The number of nitrogens with zero attached hydrogens (tertiary/aromatic N) is 1. The van der Waals surface area contributed by atoms with Gasteiger partial charge in [0, 0.05) is 12.6 Å². The van der Waals surface area contributed by atoms with Crippen molar-refractivity contribution in [2.24, 2.45) is 0 Å². The van der Waals surface area contributed by atoms with E-state index in [-0.39, 0.29) is 11.8 Å². The first-order valence-corrected chi connectivity index (χ1v) is 4.24. The summed E-state index contributed by atoms with van der Waals surface area (Å²) in [5.74, 6) is 0.672. The first-order chi connectivity index (χ1) is 6.20. The van der Waals surface area contributed by atoms with Crippen LogP contribution in [-0.2, 0) is 4.79 Å². The summed E-state index contributed by atoms with van der Waals surface area (Å²) in [5.41, 5.74) is 0.964. The van der Waals surface area contributed by atoms with Crippen LogP contribution in [0.5, 0.6) is 5.75 Å². The highest BCUT2D eigenvalue weighted by Crippen LogP contribution is 2.31. The molecule has 0 bridgehead atoms. The molecule has 0 aromatic heterocycles. The van der Waals surface area contributed by atoms with Gasteiger partial charge in [0.25, 0.3) is 5.91 Å². The predicted molar refractivity (Wildman–Crippen MR) is 48.3 cm³/mol. The lowest BCUT2D eigenvalue weighted by Crippen LogP contribution is -2.37. The maximum absolute atomic E-state index is 11.5. The summed E-state index contributed by atoms with van der Waals surface area (Å²) in [5, 5.41) is 1.28. The molecule has 68 valence electrons. The highest BCUT2D eigenvalue weighted by Gasteiger charge is 2.28. The molecule has 0 radical (unpaired) electrons. The Morgan fingerprint density at radius 1 is 1.38 bits per heavy atom. The minimum atomic E-state index is -0.102. The van der Waals surface area contributed by atoms with Gasteiger partial charge in [-0.15, -0.1) is 0 Å². The molecule has 1 aliphatic rings. The van der Waals surface area contributed by atoms with Crippen LogP contribution in [0.1, 0.15) is 18.4 Å². The van der Waals surface area contributed by atoms with Crippen molar-refractivity contribution in [3.63, 3.8) is 0 Å². The predicted octanol–water partition coefficient (Wildman–Crippen LogP) is 1.56. The third-order valence-corrected chi connectivity index (χ3v) is 2.30. The van der Waals surface area contributed by atoms with Crippen LogP contribution in [0.15, 0.2) is 24.3 Å². The molecule has 0 saturated heterocycles. The maximum Gasteiger partial charge on any atom is 0.262 e. The van der Waals surface area contributed by atoms with Crippen LogP contribution in [0, 0.1) is 0 Å². The number of amides is 1. The smallest absolute Gasteiger partial charge is 0.262 e. The number of hydrogen-bond acceptors (Lipinski definition) is 2. The van der Waals surface area contributed by atoms with Crippen LogP contribution < -0.4 is 4.84 Å². The number of para-hydroxylation sites is 1. The Kier molecular flexibility index (Phi) is 1.72. The van der Waals surface area contributed by atoms with E-state index >= 15 is 0 Å². The molecule has 3 heteroatoms. The topological polar surface area (TPSA) is 29.5 Å². The third-order valence-electron chi connectivity index (χ3n) is 2.30. The van der Waals surface area contributed by atoms with E-state index in [1.54, 1.807) is 7.05 Å². The van der Waals surface area contributed by atoms with Crippen molar-refractivity contribution >= 4 is 5.91 Å². The number of likely N-dealkylation sites (N-methyl/N-ethyl adjacent to an activating group) is 1. The monoisotopic (exact) mass is 177 g/mol. The number of benzene rings is 1. The SMILES string of the molecule is CC1C(=O)N(C)Oc2ccccc21. The Hall–Kier alpha value is -1.51. The zero-order valence-electron chi connectivity index (χ0n) is 7.65. The number of carbonyl (C=O) groups is 1. The van der Waals surface area contributed by atoms with Crippen molar-refractivity contribution < 1.29 is 9.63 Å². The van der Waals surface area contributed by atoms with Crippen LogP contribution in [0.25, 0.3) is 0 Å². The molecule has 1 amide bonds. The lowest BCUT2D eigenvalue weighted by atomic mass is 9.98. The molecular weight excluding hydrogens is 166 g/mol. The van der Waals surface area contributed by atoms with Crippen molar-refractivity contribution in [2.45, 2.75) is 12.8 Å². The Labute approximate surface area is 76.9 Å². The number of fused-ring (bicyclic) bond motifs is 1. The molecule has 0 saturated carbocycles. The van der Waals surface area contributed by atoms with Gasteiger partial charge in [-0.25, -0.2) is 0 Å². The second kappa shape index (κ2) is 2.76. The van der Waals surface area contributed by atoms with E-state index in [4.69, 9.17) is 4.84 Å². The second-order valence-electron chi connectivity index (χ2n) is 3.19. The summed E-state index contributed by atoms with van der Waals surface area (Å²) in [6, 6.07) is 7.60. The Balaban J connectivity index is 2.49. The van der Waals surface area contributed by atoms with Crippen LogP contribution in [0.2, 0.25) is 0 Å². The largest absolute Gasteiger partial charge is 0.377 e.